The monoisotopic (exact) mass is 351 g/mol. The van der Waals surface area contributed by atoms with Crippen molar-refractivity contribution in [1.82, 2.24) is 9.55 Å². The minimum Gasteiger partial charge on any atom is -0.369 e. The van der Waals surface area contributed by atoms with E-state index < -0.39 is 5.91 Å². The number of carbonyl (C=O) groups excluding carboxylic acids is 1. The minimum atomic E-state index is -0.424. The molecule has 114 valence electrons. The van der Waals surface area contributed by atoms with Crippen molar-refractivity contribution in [2.75, 3.05) is 5.75 Å². The van der Waals surface area contributed by atoms with E-state index in [-0.39, 0.29) is 11.3 Å². The molecule has 0 saturated heterocycles. The molecule has 1 amide bonds. The third-order valence-electron chi connectivity index (χ3n) is 3.11. The Morgan fingerprint density at radius 3 is 2.91 bits per heavy atom. The summed E-state index contributed by atoms with van der Waals surface area (Å²) in [5.74, 6) is -0.311. The average molecular weight is 351 g/mol. The number of hydrogen-bond acceptors (Lipinski definition) is 6. The maximum absolute atomic E-state index is 12.8. The Morgan fingerprint density at radius 2 is 2.27 bits per heavy atom. The van der Waals surface area contributed by atoms with Crippen LogP contribution < -0.4 is 11.3 Å². The van der Waals surface area contributed by atoms with Crippen molar-refractivity contribution in [2.45, 2.75) is 18.6 Å². The lowest BCUT2D eigenvalue weighted by Gasteiger charge is -2.09. The fourth-order valence-corrected chi connectivity index (χ4v) is 4.75. The van der Waals surface area contributed by atoms with Gasteiger partial charge in [-0.3, -0.25) is 14.2 Å². The molecule has 0 aromatic carbocycles. The van der Waals surface area contributed by atoms with E-state index >= 15 is 0 Å². The Kier molecular flexibility index (Phi) is 4.32. The van der Waals surface area contributed by atoms with E-state index in [0.29, 0.717) is 21.9 Å². The summed E-state index contributed by atoms with van der Waals surface area (Å²) in [6.07, 6.45) is 0. The van der Waals surface area contributed by atoms with Crippen LogP contribution in [0.5, 0.6) is 0 Å². The summed E-state index contributed by atoms with van der Waals surface area (Å²) in [6, 6.07) is 3.96. The number of primary amides is 1. The second-order valence-corrected chi connectivity index (χ2v) is 7.25. The van der Waals surface area contributed by atoms with Crippen LogP contribution in [0.4, 0.5) is 0 Å². The van der Waals surface area contributed by atoms with Crippen molar-refractivity contribution in [3.8, 4) is 10.4 Å². The first-order chi connectivity index (χ1) is 10.6. The molecule has 0 bridgehead atoms. The lowest BCUT2D eigenvalue weighted by molar-refractivity contribution is -0.115. The molecule has 0 atom stereocenters. The number of nitrogens with zero attached hydrogens (tertiary/aromatic N) is 2. The number of amides is 1. The second kappa shape index (κ2) is 6.23. The number of aromatic nitrogens is 2. The van der Waals surface area contributed by atoms with Crippen LogP contribution >= 0.6 is 34.4 Å². The van der Waals surface area contributed by atoms with Gasteiger partial charge in [-0.2, -0.15) is 0 Å². The van der Waals surface area contributed by atoms with E-state index in [4.69, 9.17) is 5.73 Å². The average Bonchev–Trinajstić information content (AvgIpc) is 3.13. The Bertz CT molecular complexity index is 881. The lowest BCUT2D eigenvalue weighted by atomic mass is 10.2. The van der Waals surface area contributed by atoms with E-state index in [1.165, 1.54) is 23.1 Å². The Balaban J connectivity index is 2.18. The van der Waals surface area contributed by atoms with Crippen LogP contribution in [-0.2, 0) is 11.3 Å². The maximum atomic E-state index is 12.8. The fraction of sp³-hybridized carbons (Fsp3) is 0.214. The number of nitrogens with two attached hydrogens (primary N) is 1. The van der Waals surface area contributed by atoms with Gasteiger partial charge in [0.05, 0.1) is 11.1 Å². The summed E-state index contributed by atoms with van der Waals surface area (Å²) in [5.41, 5.74) is 6.05. The van der Waals surface area contributed by atoms with Gasteiger partial charge in [-0.15, -0.1) is 22.7 Å². The molecule has 3 aromatic heterocycles. The number of hydrogen-bond donors (Lipinski definition) is 1. The van der Waals surface area contributed by atoms with Gasteiger partial charge in [-0.05, 0) is 18.4 Å². The molecule has 0 saturated carbocycles. The van der Waals surface area contributed by atoms with Gasteiger partial charge in [0.1, 0.15) is 4.83 Å². The highest BCUT2D eigenvalue weighted by Crippen LogP contribution is 2.34. The third-order valence-corrected chi connectivity index (χ3v) is 5.88. The van der Waals surface area contributed by atoms with Crippen molar-refractivity contribution in [1.29, 1.82) is 0 Å². The highest BCUT2D eigenvalue weighted by molar-refractivity contribution is 7.99. The van der Waals surface area contributed by atoms with E-state index in [0.717, 1.165) is 10.4 Å². The van der Waals surface area contributed by atoms with Crippen LogP contribution in [0.15, 0.2) is 32.8 Å². The van der Waals surface area contributed by atoms with Crippen molar-refractivity contribution >= 4 is 50.6 Å². The van der Waals surface area contributed by atoms with Crippen LogP contribution in [0.25, 0.3) is 20.7 Å². The van der Waals surface area contributed by atoms with Crippen molar-refractivity contribution in [3.63, 3.8) is 0 Å². The summed E-state index contributed by atoms with van der Waals surface area (Å²) in [6.45, 7) is 2.39. The lowest BCUT2D eigenvalue weighted by Crippen LogP contribution is -2.23. The van der Waals surface area contributed by atoms with E-state index in [1.54, 1.807) is 15.9 Å². The van der Waals surface area contributed by atoms with Crippen LogP contribution in [0.3, 0.4) is 0 Å². The van der Waals surface area contributed by atoms with Crippen LogP contribution in [0, 0.1) is 0 Å². The zero-order valence-electron chi connectivity index (χ0n) is 11.7. The molecule has 0 aliphatic heterocycles. The number of carbonyl (C=O) groups is 1. The first-order valence-electron chi connectivity index (χ1n) is 6.58. The second-order valence-electron chi connectivity index (χ2n) is 4.51. The normalized spacial score (nSPS) is 11.1. The van der Waals surface area contributed by atoms with Gasteiger partial charge in [0.2, 0.25) is 5.91 Å². The molecule has 3 aromatic rings. The van der Waals surface area contributed by atoms with E-state index in [2.05, 4.69) is 4.98 Å². The van der Waals surface area contributed by atoms with E-state index in [9.17, 15) is 9.59 Å². The highest BCUT2D eigenvalue weighted by atomic mass is 32.2. The molecule has 0 aliphatic rings. The third kappa shape index (κ3) is 2.69. The minimum absolute atomic E-state index is 0.0656. The largest absolute Gasteiger partial charge is 0.369 e. The molecule has 2 N–H and O–H groups in total. The summed E-state index contributed by atoms with van der Waals surface area (Å²) in [5, 5.41) is 5.14. The molecule has 3 heterocycles. The van der Waals surface area contributed by atoms with Crippen LogP contribution in [-0.4, -0.2) is 21.2 Å². The Labute approximate surface area is 138 Å². The fourth-order valence-electron chi connectivity index (χ4n) is 2.14. The summed E-state index contributed by atoms with van der Waals surface area (Å²) in [4.78, 5) is 30.1. The Hall–Kier alpha value is -1.64. The highest BCUT2D eigenvalue weighted by Gasteiger charge is 2.17. The molecule has 0 radical (unpaired) electrons. The van der Waals surface area contributed by atoms with Gasteiger partial charge >= 0.3 is 0 Å². The first-order valence-corrected chi connectivity index (χ1v) is 9.33. The predicted octanol–water partition coefficient (Wildman–Crippen LogP) is 2.78. The molecule has 3 rings (SSSR count). The predicted molar refractivity (Wildman–Crippen MR) is 92.8 cm³/mol. The van der Waals surface area contributed by atoms with Gasteiger partial charge in [0.15, 0.2) is 5.16 Å². The van der Waals surface area contributed by atoms with Gasteiger partial charge in [0, 0.05) is 22.4 Å². The van der Waals surface area contributed by atoms with Crippen molar-refractivity contribution in [2.24, 2.45) is 5.73 Å². The van der Waals surface area contributed by atoms with Gasteiger partial charge < -0.3 is 5.73 Å². The summed E-state index contributed by atoms with van der Waals surface area (Å²) < 4.78 is 1.60. The molecule has 5 nitrogen and oxygen atoms in total. The van der Waals surface area contributed by atoms with Crippen molar-refractivity contribution < 1.29 is 4.79 Å². The summed E-state index contributed by atoms with van der Waals surface area (Å²) >= 11 is 4.25. The Morgan fingerprint density at radius 1 is 1.45 bits per heavy atom. The first kappa shape index (κ1) is 15.3. The molecule has 0 fully saturated rings. The molecule has 8 heteroatoms. The number of rotatable bonds is 5. The quantitative estimate of drug-likeness (QED) is 0.566. The van der Waals surface area contributed by atoms with Gasteiger partial charge in [-0.1, -0.05) is 17.8 Å². The molecular formula is C14H13N3O2S3. The molecule has 0 aliphatic carbocycles. The summed E-state index contributed by atoms with van der Waals surface area (Å²) in [7, 11) is 0. The standard InChI is InChI=1S/C14H13N3O2S3/c1-2-17-13(19)11-8(9-4-3-5-20-9)6-21-12(11)16-14(17)22-7-10(15)18/h3-6H,2,7H2,1H3,(H2,15,18). The zero-order valence-corrected chi connectivity index (χ0v) is 14.2. The zero-order chi connectivity index (χ0) is 15.7. The molecular weight excluding hydrogens is 338 g/mol. The van der Waals surface area contributed by atoms with E-state index in [1.807, 2.05) is 29.8 Å². The SMILES string of the molecule is CCn1c(SCC(N)=O)nc2scc(-c3cccs3)c2c1=O. The topological polar surface area (TPSA) is 78.0 Å². The number of thioether (sulfide) groups is 1. The van der Waals surface area contributed by atoms with Crippen LogP contribution in [0.2, 0.25) is 0 Å². The molecule has 22 heavy (non-hydrogen) atoms. The molecule has 0 spiro atoms. The van der Waals surface area contributed by atoms with Gasteiger partial charge in [0.25, 0.3) is 5.56 Å². The molecule has 0 unspecified atom stereocenters. The number of thiophene rings is 2. The van der Waals surface area contributed by atoms with Crippen LogP contribution in [0.1, 0.15) is 6.92 Å². The smallest absolute Gasteiger partial charge is 0.263 e. The number of fused-ring (bicyclic) bond motifs is 1. The van der Waals surface area contributed by atoms with Gasteiger partial charge in [-0.25, -0.2) is 4.98 Å². The van der Waals surface area contributed by atoms with Crippen molar-refractivity contribution in [3.05, 3.63) is 33.2 Å². The maximum Gasteiger partial charge on any atom is 0.263 e.